The smallest absolute Gasteiger partial charge is 0.307 e. The third-order valence-corrected chi connectivity index (χ3v) is 7.93. The number of thioether (sulfide) groups is 1. The summed E-state index contributed by atoms with van der Waals surface area (Å²) in [5.41, 5.74) is 8.89. The molecule has 0 fully saturated rings. The maximum Gasteiger partial charge on any atom is 0.307 e. The number of nitriles is 2. The number of rotatable bonds is 12. The number of halogens is 1. The topological polar surface area (TPSA) is 147 Å². The molecule has 4 aromatic rings. The van der Waals surface area contributed by atoms with Gasteiger partial charge in [-0.3, -0.25) is 4.79 Å². The molecule has 0 bridgehead atoms. The lowest BCUT2D eigenvalue weighted by Gasteiger charge is -2.15. The van der Waals surface area contributed by atoms with E-state index in [-0.39, 0.29) is 37.7 Å². The number of nitrogens with zero attached hydrogens (tertiary/aromatic N) is 4. The van der Waals surface area contributed by atoms with Crippen molar-refractivity contribution < 1.29 is 14.3 Å². The normalized spacial score (nSPS) is 10.5. The van der Waals surface area contributed by atoms with Gasteiger partial charge in [0.05, 0.1) is 17.7 Å². The van der Waals surface area contributed by atoms with Gasteiger partial charge in [-0.05, 0) is 29.8 Å². The zero-order valence-corrected chi connectivity index (χ0v) is 24.4. The summed E-state index contributed by atoms with van der Waals surface area (Å²) in [6.07, 6.45) is 0.159. The number of carbonyl (C=O) groups excluding carboxylic acids is 1. The number of ether oxygens (including phenoxy) is 2. The molecule has 0 unspecified atom stereocenters. The van der Waals surface area contributed by atoms with Gasteiger partial charge in [0.25, 0.3) is 0 Å². The van der Waals surface area contributed by atoms with Crippen LogP contribution in [0.1, 0.15) is 23.2 Å². The highest BCUT2D eigenvalue weighted by molar-refractivity contribution is 7.98. The van der Waals surface area contributed by atoms with E-state index in [9.17, 15) is 15.3 Å². The van der Waals surface area contributed by atoms with Crippen molar-refractivity contribution in [2.45, 2.75) is 17.2 Å². The van der Waals surface area contributed by atoms with E-state index < -0.39 is 0 Å². The molecule has 0 spiro atoms. The summed E-state index contributed by atoms with van der Waals surface area (Å²) < 4.78 is 10.7. The third-order valence-electron chi connectivity index (χ3n) is 5.73. The molecular formula is C29H25ClN6O3S2. The SMILES string of the molecule is CNc1nc(SCc2csc(-c3ccc(Cl)cc3)n2)c(C#N)c(-c2ccc(OCCOC(=O)CCN)cc2)c1C#N. The van der Waals surface area contributed by atoms with Gasteiger partial charge in [-0.2, -0.15) is 10.5 Å². The van der Waals surface area contributed by atoms with Crippen molar-refractivity contribution in [2.24, 2.45) is 5.73 Å². The van der Waals surface area contributed by atoms with Crippen LogP contribution in [0.4, 0.5) is 5.82 Å². The first-order chi connectivity index (χ1) is 20.0. The van der Waals surface area contributed by atoms with Gasteiger partial charge < -0.3 is 20.5 Å². The molecule has 0 atom stereocenters. The van der Waals surface area contributed by atoms with Crippen molar-refractivity contribution in [3.63, 3.8) is 0 Å². The minimum absolute atomic E-state index is 0.106. The first-order valence-electron chi connectivity index (χ1n) is 12.4. The molecule has 2 aromatic heterocycles. The summed E-state index contributed by atoms with van der Waals surface area (Å²) in [5.74, 6) is 1.05. The number of benzene rings is 2. The molecule has 0 radical (unpaired) electrons. The summed E-state index contributed by atoms with van der Waals surface area (Å²) >= 11 is 8.91. The van der Waals surface area contributed by atoms with Crippen LogP contribution in [0, 0.1) is 22.7 Å². The van der Waals surface area contributed by atoms with Crippen molar-refractivity contribution in [3.05, 3.63) is 75.8 Å². The highest BCUT2D eigenvalue weighted by Crippen LogP contribution is 2.38. The van der Waals surface area contributed by atoms with Crippen LogP contribution in [0.3, 0.4) is 0 Å². The summed E-state index contributed by atoms with van der Waals surface area (Å²) in [5, 5.41) is 27.1. The highest BCUT2D eigenvalue weighted by Gasteiger charge is 2.22. The maximum absolute atomic E-state index is 11.4. The maximum atomic E-state index is 11.4. The lowest BCUT2D eigenvalue weighted by Crippen LogP contribution is -2.15. The second-order valence-corrected chi connectivity index (χ2v) is 10.7. The predicted octanol–water partition coefficient (Wildman–Crippen LogP) is 5.87. The summed E-state index contributed by atoms with van der Waals surface area (Å²) in [7, 11) is 1.68. The minimum Gasteiger partial charge on any atom is -0.490 e. The molecule has 0 aliphatic carbocycles. The molecule has 0 amide bonds. The van der Waals surface area contributed by atoms with E-state index in [4.69, 9.17) is 31.8 Å². The number of pyridine rings is 1. The number of carbonyl (C=O) groups is 1. The van der Waals surface area contributed by atoms with Crippen molar-refractivity contribution in [1.29, 1.82) is 10.5 Å². The van der Waals surface area contributed by atoms with Crippen LogP contribution in [0.15, 0.2) is 58.9 Å². The Kier molecular flexibility index (Phi) is 10.5. The van der Waals surface area contributed by atoms with Gasteiger partial charge in [0.15, 0.2) is 0 Å². The van der Waals surface area contributed by atoms with Crippen molar-refractivity contribution in [3.8, 4) is 39.6 Å². The van der Waals surface area contributed by atoms with Gasteiger partial charge in [-0.25, -0.2) is 9.97 Å². The number of hydrogen-bond acceptors (Lipinski definition) is 11. The van der Waals surface area contributed by atoms with Gasteiger partial charge in [-0.15, -0.1) is 11.3 Å². The molecular weight excluding hydrogens is 580 g/mol. The van der Waals surface area contributed by atoms with Gasteiger partial charge in [0.1, 0.15) is 52.5 Å². The number of thiazole rings is 1. The molecule has 3 N–H and O–H groups in total. The van der Waals surface area contributed by atoms with Crippen LogP contribution in [-0.2, 0) is 15.3 Å². The zero-order chi connectivity index (χ0) is 29.2. The van der Waals surface area contributed by atoms with Crippen LogP contribution in [0.2, 0.25) is 5.02 Å². The standard InChI is InChI=1S/C29H25ClN6O3S2/c1-34-27-23(14-32)26(18-4-8-22(9-5-18)38-12-13-39-25(37)10-11-31)24(15-33)29(36-27)41-17-21-16-40-28(35-21)19-2-6-20(30)7-3-19/h2-9,16H,10-13,17,31H2,1H3,(H,34,36). The lowest BCUT2D eigenvalue weighted by molar-refractivity contribution is -0.144. The number of aromatic nitrogens is 2. The third kappa shape index (κ3) is 7.54. The van der Waals surface area contributed by atoms with Gasteiger partial charge in [0.2, 0.25) is 0 Å². The number of nitrogens with one attached hydrogen (secondary N) is 1. The summed E-state index contributed by atoms with van der Waals surface area (Å²) in [4.78, 5) is 20.7. The van der Waals surface area contributed by atoms with Gasteiger partial charge in [0, 0.05) is 40.9 Å². The molecule has 208 valence electrons. The molecule has 2 heterocycles. The predicted molar refractivity (Wildman–Crippen MR) is 161 cm³/mol. The Morgan fingerprint density at radius 3 is 2.41 bits per heavy atom. The Bertz CT molecular complexity index is 1600. The Morgan fingerprint density at radius 1 is 1.05 bits per heavy atom. The fourth-order valence-electron chi connectivity index (χ4n) is 3.81. The Labute approximate surface area is 250 Å². The first-order valence-corrected chi connectivity index (χ1v) is 14.7. The number of esters is 1. The monoisotopic (exact) mass is 604 g/mol. The Balaban J connectivity index is 1.54. The van der Waals surface area contributed by atoms with Crippen LogP contribution < -0.4 is 15.8 Å². The molecule has 0 aliphatic heterocycles. The van der Waals surface area contributed by atoms with Crippen LogP contribution in [-0.4, -0.2) is 42.7 Å². The number of nitrogens with two attached hydrogens (primary N) is 1. The van der Waals surface area contributed by atoms with Crippen LogP contribution >= 0.6 is 34.7 Å². The number of hydrogen-bond donors (Lipinski definition) is 2. The van der Waals surface area contributed by atoms with Crippen molar-refractivity contribution in [1.82, 2.24) is 9.97 Å². The van der Waals surface area contributed by atoms with E-state index >= 15 is 0 Å². The molecule has 0 saturated heterocycles. The molecule has 0 saturated carbocycles. The van der Waals surface area contributed by atoms with E-state index in [1.807, 2.05) is 29.6 Å². The zero-order valence-electron chi connectivity index (χ0n) is 22.0. The molecule has 2 aromatic carbocycles. The summed E-state index contributed by atoms with van der Waals surface area (Å²) in [6.45, 7) is 0.518. The average molecular weight is 605 g/mol. The average Bonchev–Trinajstić information content (AvgIpc) is 3.47. The lowest BCUT2D eigenvalue weighted by atomic mass is 9.96. The fourth-order valence-corrected chi connectivity index (χ4v) is 5.75. The molecule has 9 nitrogen and oxygen atoms in total. The Morgan fingerprint density at radius 2 is 1.76 bits per heavy atom. The molecule has 41 heavy (non-hydrogen) atoms. The highest BCUT2D eigenvalue weighted by atomic mass is 35.5. The van der Waals surface area contributed by atoms with E-state index in [1.165, 1.54) is 23.1 Å². The van der Waals surface area contributed by atoms with E-state index in [2.05, 4.69) is 22.4 Å². The minimum atomic E-state index is -0.372. The second kappa shape index (κ2) is 14.5. The van der Waals surface area contributed by atoms with E-state index in [0.29, 0.717) is 44.1 Å². The second-order valence-electron chi connectivity index (χ2n) is 8.44. The molecule has 12 heteroatoms. The molecule has 0 aliphatic rings. The summed E-state index contributed by atoms with van der Waals surface area (Å²) in [6, 6.07) is 19.0. The largest absolute Gasteiger partial charge is 0.490 e. The van der Waals surface area contributed by atoms with Crippen LogP contribution in [0.25, 0.3) is 21.7 Å². The Hall–Kier alpha value is -4.13. The quantitative estimate of drug-likeness (QED) is 0.114. The van der Waals surface area contributed by atoms with Crippen LogP contribution in [0.5, 0.6) is 5.75 Å². The fraction of sp³-hybridized carbons (Fsp3) is 0.207. The van der Waals surface area contributed by atoms with Gasteiger partial charge in [-0.1, -0.05) is 47.6 Å². The van der Waals surface area contributed by atoms with E-state index in [0.717, 1.165) is 16.3 Å². The van der Waals surface area contributed by atoms with Crippen molar-refractivity contribution >= 4 is 46.5 Å². The number of anilines is 1. The van der Waals surface area contributed by atoms with Gasteiger partial charge >= 0.3 is 5.97 Å². The molecule has 4 rings (SSSR count). The van der Waals surface area contributed by atoms with E-state index in [1.54, 1.807) is 31.3 Å². The first kappa shape index (κ1) is 29.8. The van der Waals surface area contributed by atoms with Crippen molar-refractivity contribution in [2.75, 3.05) is 32.1 Å².